The summed E-state index contributed by atoms with van der Waals surface area (Å²) in [5.74, 6) is -1.29. The van der Waals surface area contributed by atoms with E-state index in [-0.39, 0.29) is 17.5 Å². The lowest BCUT2D eigenvalue weighted by Gasteiger charge is -2.20. The molecule has 2 fully saturated rings. The number of hydrogen-bond donors (Lipinski definition) is 2. The number of fused-ring (bicyclic) bond motifs is 2. The zero-order valence-corrected chi connectivity index (χ0v) is 13.0. The third-order valence-corrected chi connectivity index (χ3v) is 5.53. The largest absolute Gasteiger partial charge is 0.347 e. The molecule has 7 heteroatoms. The lowest BCUT2D eigenvalue weighted by Crippen LogP contribution is -2.42. The van der Waals surface area contributed by atoms with Crippen molar-refractivity contribution in [3.8, 4) is 10.6 Å². The Bertz CT molecular complexity index is 764. The number of carbonyl (C=O) groups is 1. The van der Waals surface area contributed by atoms with Crippen LogP contribution in [0.25, 0.3) is 10.6 Å². The Morgan fingerprint density at radius 1 is 1.35 bits per heavy atom. The van der Waals surface area contributed by atoms with Crippen LogP contribution in [0.5, 0.6) is 0 Å². The lowest BCUT2D eigenvalue weighted by molar-refractivity contribution is 0.0935. The average Bonchev–Trinajstić information content (AvgIpc) is 3.25. The highest BCUT2D eigenvalue weighted by Gasteiger charge is 2.39. The van der Waals surface area contributed by atoms with Crippen molar-refractivity contribution in [3.05, 3.63) is 40.9 Å². The van der Waals surface area contributed by atoms with E-state index in [1.807, 2.05) is 0 Å². The number of halogens is 2. The first-order valence-electron chi connectivity index (χ1n) is 7.58. The van der Waals surface area contributed by atoms with E-state index in [4.69, 9.17) is 0 Å². The van der Waals surface area contributed by atoms with E-state index in [0.29, 0.717) is 22.0 Å². The highest BCUT2D eigenvalue weighted by Crippen LogP contribution is 2.30. The van der Waals surface area contributed by atoms with E-state index in [1.54, 1.807) is 0 Å². The van der Waals surface area contributed by atoms with Crippen molar-refractivity contribution in [1.29, 1.82) is 0 Å². The molecule has 4 nitrogen and oxygen atoms in total. The molecule has 0 radical (unpaired) electrons. The van der Waals surface area contributed by atoms with Crippen LogP contribution < -0.4 is 10.6 Å². The number of amides is 1. The maximum Gasteiger partial charge on any atom is 0.263 e. The van der Waals surface area contributed by atoms with Crippen LogP contribution in [-0.4, -0.2) is 29.0 Å². The molecule has 1 aromatic carbocycles. The number of rotatable bonds is 3. The second-order valence-electron chi connectivity index (χ2n) is 6.02. The van der Waals surface area contributed by atoms with Gasteiger partial charge in [0.1, 0.15) is 21.5 Å². The molecule has 1 aromatic heterocycles. The van der Waals surface area contributed by atoms with Crippen molar-refractivity contribution in [2.75, 3.05) is 0 Å². The number of nitrogens with one attached hydrogen (secondary N) is 2. The summed E-state index contributed by atoms with van der Waals surface area (Å²) in [6, 6.07) is 4.20. The molecule has 0 aliphatic carbocycles. The van der Waals surface area contributed by atoms with E-state index in [0.717, 1.165) is 42.4 Å². The van der Waals surface area contributed by atoms with Crippen LogP contribution in [0.4, 0.5) is 8.78 Å². The van der Waals surface area contributed by atoms with Gasteiger partial charge in [-0.1, -0.05) is 0 Å². The van der Waals surface area contributed by atoms with Gasteiger partial charge in [-0.2, -0.15) is 0 Å². The normalized spacial score (nSPS) is 25.7. The summed E-state index contributed by atoms with van der Waals surface area (Å²) in [6.07, 6.45) is 4.61. The summed E-state index contributed by atoms with van der Waals surface area (Å²) in [5.41, 5.74) is 0.0793. The van der Waals surface area contributed by atoms with Crippen LogP contribution in [0.3, 0.4) is 0 Å². The number of nitrogens with zero attached hydrogens (tertiary/aromatic N) is 1. The van der Waals surface area contributed by atoms with Gasteiger partial charge in [0.2, 0.25) is 0 Å². The molecular formula is C16H15F2N3OS. The summed E-state index contributed by atoms with van der Waals surface area (Å²) in [7, 11) is 0. The maximum atomic E-state index is 13.8. The maximum absolute atomic E-state index is 13.8. The Balaban J connectivity index is 1.51. The SMILES string of the molecule is O=C(NC1CC2CCC1N2)c1cnc(-c2cc(F)ccc2F)s1. The van der Waals surface area contributed by atoms with Crippen LogP contribution in [-0.2, 0) is 0 Å². The molecule has 1 amide bonds. The highest BCUT2D eigenvalue weighted by molar-refractivity contribution is 7.16. The fourth-order valence-electron chi connectivity index (χ4n) is 3.39. The van der Waals surface area contributed by atoms with E-state index in [1.165, 1.54) is 12.6 Å². The fraction of sp³-hybridized carbons (Fsp3) is 0.375. The van der Waals surface area contributed by atoms with Crippen molar-refractivity contribution in [2.24, 2.45) is 0 Å². The van der Waals surface area contributed by atoms with Gasteiger partial charge in [0.15, 0.2) is 0 Å². The van der Waals surface area contributed by atoms with Gasteiger partial charge in [0.25, 0.3) is 5.91 Å². The van der Waals surface area contributed by atoms with Crippen molar-refractivity contribution in [1.82, 2.24) is 15.6 Å². The van der Waals surface area contributed by atoms with Gasteiger partial charge in [-0.25, -0.2) is 13.8 Å². The summed E-state index contributed by atoms with van der Waals surface area (Å²) in [4.78, 5) is 16.8. The molecule has 0 spiro atoms. The molecule has 2 aliphatic heterocycles. The molecule has 120 valence electrons. The van der Waals surface area contributed by atoms with Gasteiger partial charge in [-0.3, -0.25) is 4.79 Å². The predicted molar refractivity (Wildman–Crippen MR) is 83.3 cm³/mol. The smallest absolute Gasteiger partial charge is 0.263 e. The zero-order valence-electron chi connectivity index (χ0n) is 12.2. The van der Waals surface area contributed by atoms with Gasteiger partial charge in [-0.15, -0.1) is 11.3 Å². The van der Waals surface area contributed by atoms with E-state index >= 15 is 0 Å². The van der Waals surface area contributed by atoms with Crippen molar-refractivity contribution >= 4 is 17.2 Å². The van der Waals surface area contributed by atoms with Crippen molar-refractivity contribution < 1.29 is 13.6 Å². The summed E-state index contributed by atoms with van der Waals surface area (Å²) < 4.78 is 27.1. The molecule has 0 saturated carbocycles. The predicted octanol–water partition coefficient (Wildman–Crippen LogP) is 2.71. The first-order valence-corrected chi connectivity index (χ1v) is 8.40. The lowest BCUT2D eigenvalue weighted by atomic mass is 9.95. The van der Waals surface area contributed by atoms with Gasteiger partial charge in [0.05, 0.1) is 6.20 Å². The molecule has 23 heavy (non-hydrogen) atoms. The van der Waals surface area contributed by atoms with Gasteiger partial charge >= 0.3 is 0 Å². The van der Waals surface area contributed by atoms with Crippen LogP contribution >= 0.6 is 11.3 Å². The van der Waals surface area contributed by atoms with Crippen LogP contribution in [0.2, 0.25) is 0 Å². The number of thiazole rings is 1. The van der Waals surface area contributed by atoms with Crippen LogP contribution in [0.1, 0.15) is 28.9 Å². The molecule has 3 heterocycles. The molecule has 2 aromatic rings. The first kappa shape index (κ1) is 14.7. The molecule has 2 aliphatic rings. The molecule has 3 atom stereocenters. The first-order chi connectivity index (χ1) is 11.1. The molecule has 2 saturated heterocycles. The molecule has 3 unspecified atom stereocenters. The Hall–Kier alpha value is -1.86. The monoisotopic (exact) mass is 335 g/mol. The number of hydrogen-bond acceptors (Lipinski definition) is 4. The van der Waals surface area contributed by atoms with Gasteiger partial charge < -0.3 is 10.6 Å². The molecular weight excluding hydrogens is 320 g/mol. The Morgan fingerprint density at radius 3 is 2.96 bits per heavy atom. The third-order valence-electron chi connectivity index (χ3n) is 4.50. The number of carbonyl (C=O) groups excluding carboxylic acids is 1. The quantitative estimate of drug-likeness (QED) is 0.907. The Morgan fingerprint density at radius 2 is 2.22 bits per heavy atom. The third kappa shape index (κ3) is 2.74. The Labute approximate surface area is 135 Å². The minimum Gasteiger partial charge on any atom is -0.347 e. The molecule has 2 N–H and O–H groups in total. The molecule has 4 rings (SSSR count). The second kappa shape index (κ2) is 5.65. The number of aromatic nitrogens is 1. The van der Waals surface area contributed by atoms with Crippen LogP contribution in [0, 0.1) is 11.6 Å². The van der Waals surface area contributed by atoms with Gasteiger partial charge in [-0.05, 0) is 37.5 Å². The van der Waals surface area contributed by atoms with Crippen LogP contribution in [0.15, 0.2) is 24.4 Å². The van der Waals surface area contributed by atoms with E-state index in [9.17, 15) is 13.6 Å². The topological polar surface area (TPSA) is 54.0 Å². The Kier molecular flexibility index (Phi) is 3.61. The minimum atomic E-state index is -0.551. The van der Waals surface area contributed by atoms with E-state index in [2.05, 4.69) is 15.6 Å². The average molecular weight is 335 g/mol. The van der Waals surface area contributed by atoms with Crippen molar-refractivity contribution in [3.63, 3.8) is 0 Å². The summed E-state index contributed by atoms with van der Waals surface area (Å²) in [5, 5.41) is 6.78. The van der Waals surface area contributed by atoms with E-state index < -0.39 is 11.6 Å². The van der Waals surface area contributed by atoms with Gasteiger partial charge in [0, 0.05) is 23.7 Å². The number of benzene rings is 1. The fourth-order valence-corrected chi connectivity index (χ4v) is 4.23. The van der Waals surface area contributed by atoms with Crippen molar-refractivity contribution in [2.45, 2.75) is 37.4 Å². The second-order valence-corrected chi connectivity index (χ2v) is 7.05. The highest BCUT2D eigenvalue weighted by atomic mass is 32.1. The zero-order chi connectivity index (χ0) is 16.0. The molecule has 2 bridgehead atoms. The summed E-state index contributed by atoms with van der Waals surface area (Å²) in [6.45, 7) is 0. The standard InChI is InChI=1S/C16H15F2N3OS/c17-8-1-3-11(18)10(5-8)16-19-7-14(23-16)15(22)21-13-6-9-2-4-12(13)20-9/h1,3,5,7,9,12-13,20H,2,4,6H2,(H,21,22). The minimum absolute atomic E-state index is 0.0793. The summed E-state index contributed by atoms with van der Waals surface area (Å²) >= 11 is 1.07.